The monoisotopic (exact) mass is 256 g/mol. The van der Waals surface area contributed by atoms with E-state index in [-0.39, 0.29) is 24.3 Å². The van der Waals surface area contributed by atoms with Gasteiger partial charge in [-0.05, 0) is 18.1 Å². The number of Topliss-reactive ketones (excluding diaryl/α,β-unsaturated/α-hetero) is 1. The highest BCUT2D eigenvalue weighted by Crippen LogP contribution is 2.15. The molecule has 0 aromatic heterocycles. The molecule has 0 bridgehead atoms. The molecule has 0 saturated heterocycles. The molecule has 0 spiro atoms. The topological polar surface area (TPSA) is 43.4 Å². The normalized spacial score (nSPS) is 12.0. The maximum absolute atomic E-state index is 12.9. The zero-order valence-corrected chi connectivity index (χ0v) is 10.2. The number of rotatable bonds is 5. The molecule has 18 heavy (non-hydrogen) atoms. The Morgan fingerprint density at radius 3 is 2.22 bits per heavy atom. The number of halogens is 2. The van der Waals surface area contributed by atoms with Crippen molar-refractivity contribution in [2.24, 2.45) is 5.92 Å². The van der Waals surface area contributed by atoms with Crippen LogP contribution in [0.5, 0.6) is 0 Å². The maximum Gasteiger partial charge on any atom is 0.305 e. The zero-order chi connectivity index (χ0) is 13.7. The van der Waals surface area contributed by atoms with Crippen molar-refractivity contribution in [1.82, 2.24) is 0 Å². The second-order valence-electron chi connectivity index (χ2n) is 4.17. The van der Waals surface area contributed by atoms with Gasteiger partial charge in [-0.15, -0.1) is 0 Å². The summed E-state index contributed by atoms with van der Waals surface area (Å²) in [5.74, 6) is -2.64. The Morgan fingerprint density at radius 2 is 1.72 bits per heavy atom. The average Bonchev–Trinajstić information content (AvgIpc) is 2.27. The van der Waals surface area contributed by atoms with Crippen LogP contribution in [0, 0.1) is 17.6 Å². The lowest BCUT2D eigenvalue weighted by molar-refractivity contribution is -0.141. The summed E-state index contributed by atoms with van der Waals surface area (Å²) >= 11 is 0. The molecule has 0 N–H and O–H groups in total. The number of carbonyl (C=O) groups is 2. The van der Waals surface area contributed by atoms with E-state index < -0.39 is 23.4 Å². The molecule has 1 unspecified atom stereocenters. The summed E-state index contributed by atoms with van der Waals surface area (Å²) < 4.78 is 30.3. The fraction of sp³-hybridized carbons (Fsp3) is 0.385. The molecule has 0 saturated carbocycles. The lowest BCUT2D eigenvalue weighted by Gasteiger charge is -2.09. The van der Waals surface area contributed by atoms with E-state index in [1.54, 1.807) is 6.92 Å². The van der Waals surface area contributed by atoms with Crippen LogP contribution in [0.15, 0.2) is 18.2 Å². The van der Waals surface area contributed by atoms with Gasteiger partial charge < -0.3 is 4.74 Å². The SMILES string of the molecule is COC(=O)CC(C)CC(=O)c1cc(F)cc(F)c1. The van der Waals surface area contributed by atoms with Crippen molar-refractivity contribution in [3.05, 3.63) is 35.4 Å². The van der Waals surface area contributed by atoms with Crippen molar-refractivity contribution in [2.75, 3.05) is 7.11 Å². The molecule has 0 heterocycles. The minimum Gasteiger partial charge on any atom is -0.469 e. The maximum atomic E-state index is 12.9. The van der Waals surface area contributed by atoms with Crippen LogP contribution < -0.4 is 0 Å². The van der Waals surface area contributed by atoms with Gasteiger partial charge in [0.2, 0.25) is 0 Å². The summed E-state index contributed by atoms with van der Waals surface area (Å²) in [6.07, 6.45) is 0.137. The summed E-state index contributed by atoms with van der Waals surface area (Å²) in [5.41, 5.74) is -0.0239. The van der Waals surface area contributed by atoms with Crippen molar-refractivity contribution in [1.29, 1.82) is 0 Å². The third-order valence-corrected chi connectivity index (χ3v) is 2.46. The number of esters is 1. The number of ether oxygens (including phenoxy) is 1. The first-order valence-corrected chi connectivity index (χ1v) is 5.48. The van der Waals surface area contributed by atoms with Crippen LogP contribution in [0.1, 0.15) is 30.1 Å². The predicted octanol–water partition coefficient (Wildman–Crippen LogP) is 2.74. The molecule has 1 aromatic carbocycles. The van der Waals surface area contributed by atoms with E-state index in [4.69, 9.17) is 0 Å². The molecule has 3 nitrogen and oxygen atoms in total. The molecule has 1 aromatic rings. The molecule has 0 aliphatic carbocycles. The minimum absolute atomic E-state index is 0.0239. The number of benzene rings is 1. The van der Waals surface area contributed by atoms with Gasteiger partial charge >= 0.3 is 5.97 Å². The molecule has 1 atom stereocenters. The summed E-state index contributed by atoms with van der Waals surface area (Å²) in [6, 6.07) is 2.67. The molecule has 0 radical (unpaired) electrons. The van der Waals surface area contributed by atoms with Crippen LogP contribution in [0.2, 0.25) is 0 Å². The first-order valence-electron chi connectivity index (χ1n) is 5.48. The van der Waals surface area contributed by atoms with E-state index in [9.17, 15) is 18.4 Å². The predicted molar refractivity (Wildman–Crippen MR) is 61.1 cm³/mol. The van der Waals surface area contributed by atoms with Crippen LogP contribution in [0.3, 0.4) is 0 Å². The molecule has 5 heteroatoms. The number of hydrogen-bond donors (Lipinski definition) is 0. The Kier molecular flexibility index (Phi) is 4.95. The number of carbonyl (C=O) groups excluding carboxylic acids is 2. The van der Waals surface area contributed by atoms with Crippen LogP contribution in [-0.2, 0) is 9.53 Å². The van der Waals surface area contributed by atoms with E-state index >= 15 is 0 Å². The van der Waals surface area contributed by atoms with Gasteiger partial charge in [0.05, 0.1) is 7.11 Å². The summed E-state index contributed by atoms with van der Waals surface area (Å²) in [5, 5.41) is 0. The molecule has 0 aliphatic heterocycles. The van der Waals surface area contributed by atoms with Gasteiger partial charge in [-0.3, -0.25) is 9.59 Å². The quantitative estimate of drug-likeness (QED) is 0.601. The van der Waals surface area contributed by atoms with E-state index in [0.29, 0.717) is 6.07 Å². The highest BCUT2D eigenvalue weighted by molar-refractivity contribution is 5.96. The summed E-state index contributed by atoms with van der Waals surface area (Å²) in [7, 11) is 1.26. The molecular weight excluding hydrogens is 242 g/mol. The van der Waals surface area contributed by atoms with Gasteiger partial charge in [0.15, 0.2) is 5.78 Å². The first-order chi connectivity index (χ1) is 8.42. The molecule has 1 rings (SSSR count). The van der Waals surface area contributed by atoms with Crippen molar-refractivity contribution in [2.45, 2.75) is 19.8 Å². The fourth-order valence-corrected chi connectivity index (χ4v) is 1.59. The minimum atomic E-state index is -0.793. The van der Waals surface area contributed by atoms with E-state index in [0.717, 1.165) is 12.1 Å². The average molecular weight is 256 g/mol. The van der Waals surface area contributed by atoms with Crippen molar-refractivity contribution < 1.29 is 23.1 Å². The van der Waals surface area contributed by atoms with E-state index in [1.165, 1.54) is 7.11 Å². The highest BCUT2D eigenvalue weighted by atomic mass is 19.1. The second kappa shape index (κ2) is 6.23. The van der Waals surface area contributed by atoms with E-state index in [2.05, 4.69) is 4.74 Å². The molecule has 0 fully saturated rings. The van der Waals surface area contributed by atoms with Crippen molar-refractivity contribution >= 4 is 11.8 Å². The van der Waals surface area contributed by atoms with Gasteiger partial charge in [-0.25, -0.2) is 8.78 Å². The van der Waals surface area contributed by atoms with Crippen molar-refractivity contribution in [3.63, 3.8) is 0 Å². The van der Waals surface area contributed by atoms with Crippen LogP contribution in [0.25, 0.3) is 0 Å². The van der Waals surface area contributed by atoms with Gasteiger partial charge in [0.25, 0.3) is 0 Å². The standard InChI is InChI=1S/C13H14F2O3/c1-8(4-13(17)18-2)3-12(16)9-5-10(14)7-11(15)6-9/h5-8H,3-4H2,1-2H3. The van der Waals surface area contributed by atoms with Crippen LogP contribution in [0.4, 0.5) is 8.78 Å². The summed E-state index contributed by atoms with van der Waals surface area (Å²) in [6.45, 7) is 1.70. The van der Waals surface area contributed by atoms with Crippen molar-refractivity contribution in [3.8, 4) is 0 Å². The largest absolute Gasteiger partial charge is 0.469 e. The second-order valence-corrected chi connectivity index (χ2v) is 4.17. The molecule has 0 amide bonds. The Hall–Kier alpha value is -1.78. The smallest absolute Gasteiger partial charge is 0.305 e. The van der Waals surface area contributed by atoms with Gasteiger partial charge in [-0.1, -0.05) is 6.92 Å². The van der Waals surface area contributed by atoms with Crippen LogP contribution in [-0.4, -0.2) is 18.9 Å². The van der Waals surface area contributed by atoms with Gasteiger partial charge in [0, 0.05) is 24.5 Å². The first kappa shape index (κ1) is 14.3. The van der Waals surface area contributed by atoms with Gasteiger partial charge in [0.1, 0.15) is 11.6 Å². The molecule has 0 aliphatic rings. The Morgan fingerprint density at radius 1 is 1.17 bits per heavy atom. The molecular formula is C13H14F2O3. The molecule has 98 valence electrons. The Labute approximate surface area is 104 Å². The number of ketones is 1. The Bertz CT molecular complexity index is 437. The third kappa shape index (κ3) is 4.24. The number of methoxy groups -OCH3 is 1. The summed E-state index contributed by atoms with van der Waals surface area (Å²) in [4.78, 5) is 22.7. The van der Waals surface area contributed by atoms with Crippen LogP contribution >= 0.6 is 0 Å². The lowest BCUT2D eigenvalue weighted by atomic mass is 9.97. The number of hydrogen-bond acceptors (Lipinski definition) is 3. The highest BCUT2D eigenvalue weighted by Gasteiger charge is 2.16. The Balaban J connectivity index is 2.67. The van der Waals surface area contributed by atoms with Gasteiger partial charge in [-0.2, -0.15) is 0 Å². The van der Waals surface area contributed by atoms with E-state index in [1.807, 2.05) is 0 Å². The fourth-order valence-electron chi connectivity index (χ4n) is 1.59. The third-order valence-electron chi connectivity index (χ3n) is 2.46. The zero-order valence-electron chi connectivity index (χ0n) is 10.2. The lowest BCUT2D eigenvalue weighted by Crippen LogP contribution is -2.12.